The highest BCUT2D eigenvalue weighted by Crippen LogP contribution is 2.33. The zero-order valence-electron chi connectivity index (χ0n) is 13.8. The van der Waals surface area contributed by atoms with Crippen molar-refractivity contribution >= 4 is 16.9 Å². The van der Waals surface area contributed by atoms with Gasteiger partial charge in [-0.15, -0.1) is 0 Å². The van der Waals surface area contributed by atoms with Gasteiger partial charge in [0.05, 0.1) is 11.1 Å². The molecule has 0 radical (unpaired) electrons. The van der Waals surface area contributed by atoms with Crippen LogP contribution in [-0.4, -0.2) is 15.6 Å². The fourth-order valence-corrected chi connectivity index (χ4v) is 2.74. The molecule has 0 saturated heterocycles. The Labute approximate surface area is 126 Å². The van der Waals surface area contributed by atoms with Gasteiger partial charge in [-0.3, -0.25) is 0 Å². The second-order valence-electron chi connectivity index (χ2n) is 6.98. The van der Waals surface area contributed by atoms with Gasteiger partial charge in [0.25, 0.3) is 0 Å². The third-order valence-corrected chi connectivity index (χ3v) is 4.04. The Hall–Kier alpha value is -1.77. The van der Waals surface area contributed by atoms with Crippen molar-refractivity contribution in [3.05, 3.63) is 35.0 Å². The zero-order valence-corrected chi connectivity index (χ0v) is 13.8. The number of benzene rings is 1. The molecule has 21 heavy (non-hydrogen) atoms. The van der Waals surface area contributed by atoms with Crippen molar-refractivity contribution in [3.63, 3.8) is 0 Å². The van der Waals surface area contributed by atoms with Gasteiger partial charge in [0.1, 0.15) is 0 Å². The van der Waals surface area contributed by atoms with Crippen LogP contribution in [0.4, 0.5) is 0 Å². The lowest BCUT2D eigenvalue weighted by Crippen LogP contribution is -2.13. The summed E-state index contributed by atoms with van der Waals surface area (Å²) < 4.78 is 2.09. The lowest BCUT2D eigenvalue weighted by Gasteiger charge is -2.21. The lowest BCUT2D eigenvalue weighted by molar-refractivity contribution is 0.0698. The first-order valence-corrected chi connectivity index (χ1v) is 7.58. The van der Waals surface area contributed by atoms with Crippen LogP contribution in [-0.2, 0) is 11.8 Å². The maximum Gasteiger partial charge on any atom is 0.337 e. The largest absolute Gasteiger partial charge is 0.478 e. The average molecular weight is 287 g/mol. The first-order valence-electron chi connectivity index (χ1n) is 7.58. The van der Waals surface area contributed by atoms with Crippen LogP contribution in [0, 0.1) is 0 Å². The smallest absolute Gasteiger partial charge is 0.337 e. The van der Waals surface area contributed by atoms with Gasteiger partial charge in [-0.05, 0) is 48.9 Å². The fourth-order valence-electron chi connectivity index (χ4n) is 2.74. The molecule has 1 N–H and O–H groups in total. The molecular formula is C18H25NO2. The Kier molecular flexibility index (Phi) is 3.87. The number of aromatic nitrogens is 1. The topological polar surface area (TPSA) is 42.2 Å². The lowest BCUT2D eigenvalue weighted by atomic mass is 9.85. The number of carbonyl (C=O) groups is 1. The van der Waals surface area contributed by atoms with Crippen molar-refractivity contribution in [1.29, 1.82) is 0 Å². The van der Waals surface area contributed by atoms with Crippen LogP contribution < -0.4 is 0 Å². The third kappa shape index (κ3) is 2.69. The maximum atomic E-state index is 11.8. The van der Waals surface area contributed by atoms with E-state index in [0.717, 1.165) is 22.9 Å². The molecule has 3 heteroatoms. The molecule has 0 aliphatic carbocycles. The van der Waals surface area contributed by atoms with E-state index in [-0.39, 0.29) is 11.5 Å². The van der Waals surface area contributed by atoms with Crippen molar-refractivity contribution in [2.45, 2.75) is 59.4 Å². The molecule has 1 aromatic heterocycles. The van der Waals surface area contributed by atoms with Crippen molar-refractivity contribution in [3.8, 4) is 0 Å². The summed E-state index contributed by atoms with van der Waals surface area (Å²) in [6, 6.07) is 4.24. The molecule has 0 aliphatic rings. The van der Waals surface area contributed by atoms with Gasteiger partial charge in [0.15, 0.2) is 0 Å². The number of hydrogen-bond donors (Lipinski definition) is 1. The van der Waals surface area contributed by atoms with E-state index in [2.05, 4.69) is 58.4 Å². The SMILES string of the molecule is CCc1cn(C(C)C)c2c(C(=O)O)cc(C(C)(C)C)cc12. The van der Waals surface area contributed by atoms with Crippen LogP contribution in [0.5, 0.6) is 0 Å². The number of carboxylic acids is 1. The minimum Gasteiger partial charge on any atom is -0.478 e. The molecular weight excluding hydrogens is 262 g/mol. The van der Waals surface area contributed by atoms with Gasteiger partial charge in [0, 0.05) is 17.6 Å². The summed E-state index contributed by atoms with van der Waals surface area (Å²) in [5, 5.41) is 10.7. The van der Waals surface area contributed by atoms with E-state index in [0.29, 0.717) is 5.56 Å². The van der Waals surface area contributed by atoms with Crippen LogP contribution in [0.1, 0.15) is 69.1 Å². The monoisotopic (exact) mass is 287 g/mol. The van der Waals surface area contributed by atoms with Crippen molar-refractivity contribution < 1.29 is 9.90 Å². The van der Waals surface area contributed by atoms with Gasteiger partial charge < -0.3 is 9.67 Å². The van der Waals surface area contributed by atoms with Crippen molar-refractivity contribution in [2.75, 3.05) is 0 Å². The Morgan fingerprint density at radius 1 is 1.29 bits per heavy atom. The Bertz CT molecular complexity index is 687. The van der Waals surface area contributed by atoms with Crippen LogP contribution in [0.2, 0.25) is 0 Å². The van der Waals surface area contributed by atoms with Crippen LogP contribution in [0.15, 0.2) is 18.3 Å². The predicted octanol–water partition coefficient (Wildman–Crippen LogP) is 4.78. The molecule has 3 nitrogen and oxygen atoms in total. The number of aromatic carboxylic acids is 1. The number of carboxylic acid groups (broad SMARTS) is 1. The molecule has 0 atom stereocenters. The standard InChI is InChI=1S/C18H25NO2/c1-7-12-10-19(11(2)3)16-14(12)8-13(18(4,5)6)9-15(16)17(20)21/h8-11H,7H2,1-6H3,(H,20,21). The Morgan fingerprint density at radius 3 is 2.33 bits per heavy atom. The average Bonchev–Trinajstić information content (AvgIpc) is 2.75. The van der Waals surface area contributed by atoms with E-state index in [4.69, 9.17) is 0 Å². The zero-order chi connectivity index (χ0) is 15.9. The summed E-state index contributed by atoms with van der Waals surface area (Å²) in [4.78, 5) is 11.8. The highest BCUT2D eigenvalue weighted by Gasteiger charge is 2.22. The second kappa shape index (κ2) is 5.21. The minimum absolute atomic E-state index is 0.0661. The molecule has 0 amide bonds. The van der Waals surface area contributed by atoms with E-state index in [1.807, 2.05) is 6.07 Å². The summed E-state index contributed by atoms with van der Waals surface area (Å²) >= 11 is 0. The summed E-state index contributed by atoms with van der Waals surface area (Å²) in [7, 11) is 0. The van der Waals surface area contributed by atoms with E-state index < -0.39 is 5.97 Å². The molecule has 1 aromatic carbocycles. The number of fused-ring (bicyclic) bond motifs is 1. The van der Waals surface area contributed by atoms with Crippen molar-refractivity contribution in [1.82, 2.24) is 4.57 Å². The highest BCUT2D eigenvalue weighted by atomic mass is 16.4. The third-order valence-electron chi connectivity index (χ3n) is 4.04. The van der Waals surface area contributed by atoms with E-state index in [1.54, 1.807) is 0 Å². The predicted molar refractivity (Wildman–Crippen MR) is 87.4 cm³/mol. The number of hydrogen-bond acceptors (Lipinski definition) is 1. The summed E-state index contributed by atoms with van der Waals surface area (Å²) in [5.74, 6) is -0.853. The number of nitrogens with zero attached hydrogens (tertiary/aromatic N) is 1. The number of aryl methyl sites for hydroxylation is 1. The molecule has 0 fully saturated rings. The molecule has 114 valence electrons. The minimum atomic E-state index is -0.853. The second-order valence-corrected chi connectivity index (χ2v) is 6.98. The first-order chi connectivity index (χ1) is 9.66. The molecule has 2 aromatic rings. The van der Waals surface area contributed by atoms with Gasteiger partial charge in [0.2, 0.25) is 0 Å². The molecule has 0 unspecified atom stereocenters. The van der Waals surface area contributed by atoms with E-state index >= 15 is 0 Å². The van der Waals surface area contributed by atoms with Crippen LogP contribution in [0.3, 0.4) is 0 Å². The normalized spacial score (nSPS) is 12.3. The maximum absolute atomic E-state index is 11.8. The quantitative estimate of drug-likeness (QED) is 0.882. The molecule has 2 rings (SSSR count). The van der Waals surface area contributed by atoms with Crippen molar-refractivity contribution in [2.24, 2.45) is 0 Å². The summed E-state index contributed by atoms with van der Waals surface area (Å²) in [5.41, 5.74) is 3.48. The van der Waals surface area contributed by atoms with Gasteiger partial charge >= 0.3 is 5.97 Å². The molecule has 0 saturated carbocycles. The van der Waals surface area contributed by atoms with E-state index in [9.17, 15) is 9.90 Å². The van der Waals surface area contributed by atoms with Gasteiger partial charge in [-0.25, -0.2) is 4.79 Å². The highest BCUT2D eigenvalue weighted by molar-refractivity contribution is 6.04. The first kappa shape index (κ1) is 15.6. The Morgan fingerprint density at radius 2 is 1.90 bits per heavy atom. The molecule has 0 spiro atoms. The summed E-state index contributed by atoms with van der Waals surface area (Å²) in [6.45, 7) is 12.6. The van der Waals surface area contributed by atoms with Crippen LogP contribution in [0.25, 0.3) is 10.9 Å². The van der Waals surface area contributed by atoms with Gasteiger partial charge in [-0.1, -0.05) is 27.7 Å². The van der Waals surface area contributed by atoms with E-state index in [1.165, 1.54) is 5.56 Å². The fraction of sp³-hybridized carbons (Fsp3) is 0.500. The molecule has 0 bridgehead atoms. The molecule has 1 heterocycles. The number of rotatable bonds is 3. The van der Waals surface area contributed by atoms with Crippen LogP contribution >= 0.6 is 0 Å². The Balaban J connectivity index is 2.93. The summed E-state index contributed by atoms with van der Waals surface area (Å²) in [6.07, 6.45) is 3.01. The van der Waals surface area contributed by atoms with Gasteiger partial charge in [-0.2, -0.15) is 0 Å². The molecule has 0 aliphatic heterocycles.